The van der Waals surface area contributed by atoms with E-state index in [1.165, 1.54) is 0 Å². The average molecular weight is 198 g/mol. The van der Waals surface area contributed by atoms with Gasteiger partial charge < -0.3 is 10.1 Å². The molecule has 0 heterocycles. The Labute approximate surface area is 85.4 Å². The molecular weight excluding hydrogens is 180 g/mol. The normalized spacial score (nSPS) is 10.7. The van der Waals surface area contributed by atoms with Crippen LogP contribution in [0.25, 0.3) is 0 Å². The van der Waals surface area contributed by atoms with Crippen molar-refractivity contribution in [3.63, 3.8) is 0 Å². The number of nitrogens with one attached hydrogen (secondary N) is 2. The number of hydrogen-bond acceptors (Lipinski definition) is 3. The molecule has 0 aromatic carbocycles. The maximum Gasteiger partial charge on any atom is 0.234 e. The lowest BCUT2D eigenvalue weighted by molar-refractivity contribution is -0.121. The van der Waals surface area contributed by atoms with Gasteiger partial charge in [0, 0.05) is 13.7 Å². The van der Waals surface area contributed by atoms with Crippen LogP contribution in [-0.4, -0.2) is 38.3 Å². The molecule has 0 fully saturated rings. The molecule has 0 radical (unpaired) electrons. The van der Waals surface area contributed by atoms with Crippen molar-refractivity contribution < 1.29 is 9.53 Å². The SMILES string of the molecule is C#CCNCC(=O)NCC(C)(C)OC. The van der Waals surface area contributed by atoms with Crippen LogP contribution in [0.1, 0.15) is 13.8 Å². The number of methoxy groups -OCH3 is 1. The average Bonchev–Trinajstić information content (AvgIpc) is 2.16. The van der Waals surface area contributed by atoms with E-state index in [1.807, 2.05) is 13.8 Å². The first-order chi connectivity index (χ1) is 6.52. The molecule has 0 aromatic rings. The van der Waals surface area contributed by atoms with Crippen molar-refractivity contribution in [3.05, 3.63) is 0 Å². The van der Waals surface area contributed by atoms with E-state index in [9.17, 15) is 4.79 Å². The van der Waals surface area contributed by atoms with Crippen molar-refractivity contribution in [2.45, 2.75) is 19.4 Å². The van der Waals surface area contributed by atoms with Gasteiger partial charge in [-0.15, -0.1) is 6.42 Å². The van der Waals surface area contributed by atoms with Gasteiger partial charge in [0.2, 0.25) is 5.91 Å². The molecule has 0 aliphatic heterocycles. The molecule has 4 nitrogen and oxygen atoms in total. The minimum atomic E-state index is -0.332. The molecule has 0 aliphatic rings. The summed E-state index contributed by atoms with van der Waals surface area (Å²) < 4.78 is 5.15. The number of rotatable bonds is 6. The van der Waals surface area contributed by atoms with Crippen LogP contribution in [0.4, 0.5) is 0 Å². The van der Waals surface area contributed by atoms with E-state index in [1.54, 1.807) is 7.11 Å². The zero-order valence-corrected chi connectivity index (χ0v) is 9.02. The number of amides is 1. The zero-order valence-electron chi connectivity index (χ0n) is 9.02. The summed E-state index contributed by atoms with van der Waals surface area (Å²) in [5.41, 5.74) is -0.332. The molecule has 1 amide bonds. The van der Waals surface area contributed by atoms with Crippen molar-refractivity contribution in [1.82, 2.24) is 10.6 Å². The Balaban J connectivity index is 3.60. The molecule has 2 N–H and O–H groups in total. The zero-order chi connectivity index (χ0) is 11.0. The van der Waals surface area contributed by atoms with Gasteiger partial charge in [0.05, 0.1) is 18.7 Å². The van der Waals surface area contributed by atoms with Crippen LogP contribution in [0.5, 0.6) is 0 Å². The second kappa shape index (κ2) is 6.41. The second-order valence-electron chi connectivity index (χ2n) is 3.55. The van der Waals surface area contributed by atoms with Crippen LogP contribution in [0, 0.1) is 12.3 Å². The smallest absolute Gasteiger partial charge is 0.234 e. The first-order valence-electron chi connectivity index (χ1n) is 4.48. The van der Waals surface area contributed by atoms with E-state index in [4.69, 9.17) is 11.2 Å². The van der Waals surface area contributed by atoms with Crippen molar-refractivity contribution in [1.29, 1.82) is 0 Å². The second-order valence-corrected chi connectivity index (χ2v) is 3.55. The molecule has 0 unspecified atom stereocenters. The van der Waals surface area contributed by atoms with E-state index in [-0.39, 0.29) is 18.1 Å². The maximum atomic E-state index is 11.2. The molecule has 0 saturated carbocycles. The quantitative estimate of drug-likeness (QED) is 0.457. The van der Waals surface area contributed by atoms with Gasteiger partial charge in [-0.2, -0.15) is 0 Å². The highest BCUT2D eigenvalue weighted by Gasteiger charge is 2.16. The molecule has 4 heteroatoms. The highest BCUT2D eigenvalue weighted by Crippen LogP contribution is 2.03. The summed E-state index contributed by atoms with van der Waals surface area (Å²) in [6.45, 7) is 4.94. The third-order valence-electron chi connectivity index (χ3n) is 1.78. The Bertz CT molecular complexity index is 219. The largest absolute Gasteiger partial charge is 0.377 e. The third-order valence-corrected chi connectivity index (χ3v) is 1.78. The predicted octanol–water partition coefficient (Wildman–Crippen LogP) is -0.250. The highest BCUT2D eigenvalue weighted by molar-refractivity contribution is 5.78. The van der Waals surface area contributed by atoms with Gasteiger partial charge >= 0.3 is 0 Å². The summed E-state index contributed by atoms with van der Waals surface area (Å²) in [5, 5.41) is 5.54. The monoisotopic (exact) mass is 198 g/mol. The highest BCUT2D eigenvalue weighted by atomic mass is 16.5. The molecule has 80 valence electrons. The summed E-state index contributed by atoms with van der Waals surface area (Å²) in [7, 11) is 1.61. The van der Waals surface area contributed by atoms with Crippen LogP contribution in [0.15, 0.2) is 0 Å². The van der Waals surface area contributed by atoms with E-state index < -0.39 is 0 Å². The van der Waals surface area contributed by atoms with Gasteiger partial charge in [0.15, 0.2) is 0 Å². The van der Waals surface area contributed by atoms with E-state index >= 15 is 0 Å². The first-order valence-corrected chi connectivity index (χ1v) is 4.48. The summed E-state index contributed by atoms with van der Waals surface area (Å²) in [6, 6.07) is 0. The lowest BCUT2D eigenvalue weighted by atomic mass is 10.1. The Kier molecular flexibility index (Phi) is 5.93. The Hall–Kier alpha value is -1.05. The summed E-state index contributed by atoms with van der Waals surface area (Å²) in [4.78, 5) is 11.2. The van der Waals surface area contributed by atoms with Gasteiger partial charge in [0.25, 0.3) is 0 Å². The molecule has 0 rings (SSSR count). The predicted molar refractivity (Wildman–Crippen MR) is 55.8 cm³/mol. The number of carbonyl (C=O) groups excluding carboxylic acids is 1. The van der Waals surface area contributed by atoms with Crippen molar-refractivity contribution in [2.75, 3.05) is 26.7 Å². The Morgan fingerprint density at radius 2 is 2.21 bits per heavy atom. The Morgan fingerprint density at radius 1 is 1.57 bits per heavy atom. The third kappa shape index (κ3) is 6.46. The fourth-order valence-electron chi connectivity index (χ4n) is 0.694. The van der Waals surface area contributed by atoms with E-state index in [2.05, 4.69) is 16.6 Å². The van der Waals surface area contributed by atoms with Crippen molar-refractivity contribution >= 4 is 5.91 Å². The molecule has 0 atom stereocenters. The van der Waals surface area contributed by atoms with E-state index in [0.717, 1.165) is 0 Å². The van der Waals surface area contributed by atoms with Crippen molar-refractivity contribution in [3.8, 4) is 12.3 Å². The molecule has 0 bridgehead atoms. The summed E-state index contributed by atoms with van der Waals surface area (Å²) in [5.74, 6) is 2.31. The molecule has 0 spiro atoms. The number of carbonyl (C=O) groups is 1. The molecule has 14 heavy (non-hydrogen) atoms. The number of terminal acetylenes is 1. The summed E-state index contributed by atoms with van der Waals surface area (Å²) >= 11 is 0. The Morgan fingerprint density at radius 3 is 2.71 bits per heavy atom. The van der Waals surface area contributed by atoms with Crippen molar-refractivity contribution in [2.24, 2.45) is 0 Å². The lowest BCUT2D eigenvalue weighted by Crippen LogP contribution is -2.43. The van der Waals surface area contributed by atoms with Gasteiger partial charge in [-0.3, -0.25) is 10.1 Å². The minimum Gasteiger partial charge on any atom is -0.377 e. The fourth-order valence-corrected chi connectivity index (χ4v) is 0.694. The first kappa shape index (κ1) is 12.9. The van der Waals surface area contributed by atoms with Gasteiger partial charge in [-0.05, 0) is 13.8 Å². The van der Waals surface area contributed by atoms with Gasteiger partial charge in [-0.1, -0.05) is 5.92 Å². The van der Waals surface area contributed by atoms with Crippen LogP contribution in [0.2, 0.25) is 0 Å². The molecular formula is C10H18N2O2. The van der Waals surface area contributed by atoms with Crippen LogP contribution in [0.3, 0.4) is 0 Å². The lowest BCUT2D eigenvalue weighted by Gasteiger charge is -2.23. The number of hydrogen-bond donors (Lipinski definition) is 2. The topological polar surface area (TPSA) is 50.4 Å². The van der Waals surface area contributed by atoms with Gasteiger partial charge in [-0.25, -0.2) is 0 Å². The van der Waals surface area contributed by atoms with Gasteiger partial charge in [0.1, 0.15) is 0 Å². The van der Waals surface area contributed by atoms with Crippen LogP contribution in [-0.2, 0) is 9.53 Å². The van der Waals surface area contributed by atoms with Crippen LogP contribution < -0.4 is 10.6 Å². The number of ether oxygens (including phenoxy) is 1. The molecule has 0 aromatic heterocycles. The minimum absolute atomic E-state index is 0.0784. The fraction of sp³-hybridized carbons (Fsp3) is 0.700. The standard InChI is InChI=1S/C10H18N2O2/c1-5-6-11-7-9(13)12-8-10(2,3)14-4/h1,11H,6-8H2,2-4H3,(H,12,13). The summed E-state index contributed by atoms with van der Waals surface area (Å²) in [6.07, 6.45) is 5.02. The maximum absolute atomic E-state index is 11.2. The molecule has 0 aliphatic carbocycles. The van der Waals surface area contributed by atoms with E-state index in [0.29, 0.717) is 13.1 Å². The molecule has 0 saturated heterocycles. The van der Waals surface area contributed by atoms with Crippen LogP contribution >= 0.6 is 0 Å².